The molecule has 98 valence electrons. The predicted molar refractivity (Wildman–Crippen MR) is 76.9 cm³/mol. The summed E-state index contributed by atoms with van der Waals surface area (Å²) in [5, 5.41) is 9.69. The van der Waals surface area contributed by atoms with E-state index in [1.54, 1.807) is 6.08 Å². The first-order valence-electron chi connectivity index (χ1n) is 6.13. The van der Waals surface area contributed by atoms with E-state index in [2.05, 4.69) is 15.5 Å². The van der Waals surface area contributed by atoms with Gasteiger partial charge in [0.25, 0.3) is 0 Å². The Bertz CT molecular complexity index is 589. The maximum Gasteiger partial charge on any atom is 0.248 e. The van der Waals surface area contributed by atoms with Gasteiger partial charge in [0.1, 0.15) is 0 Å². The topological polar surface area (TPSA) is 57.8 Å². The fraction of sp³-hybridized carbons (Fsp3) is 0.200. The van der Waals surface area contributed by atoms with Gasteiger partial charge in [0.15, 0.2) is 0 Å². The van der Waals surface area contributed by atoms with Gasteiger partial charge in [-0.05, 0) is 32.4 Å². The average molecular weight is 255 g/mol. The second-order valence-corrected chi connectivity index (χ2v) is 4.54. The van der Waals surface area contributed by atoms with Gasteiger partial charge in [0, 0.05) is 6.08 Å². The largest absolute Gasteiger partial charge is 0.319 e. The molecule has 2 N–H and O–H groups in total. The van der Waals surface area contributed by atoms with Gasteiger partial charge in [-0.1, -0.05) is 29.8 Å². The van der Waals surface area contributed by atoms with E-state index in [0.717, 1.165) is 22.6 Å². The van der Waals surface area contributed by atoms with Crippen molar-refractivity contribution in [2.45, 2.75) is 20.8 Å². The number of H-pyrrole nitrogens is 1. The van der Waals surface area contributed by atoms with E-state index >= 15 is 0 Å². The lowest BCUT2D eigenvalue weighted by Crippen LogP contribution is -2.09. The lowest BCUT2D eigenvalue weighted by atomic mass is 10.1. The van der Waals surface area contributed by atoms with E-state index in [0.29, 0.717) is 0 Å². The van der Waals surface area contributed by atoms with Crippen LogP contribution in [0.25, 0.3) is 6.08 Å². The maximum atomic E-state index is 11.8. The molecule has 0 radical (unpaired) electrons. The van der Waals surface area contributed by atoms with Crippen molar-refractivity contribution in [2.24, 2.45) is 0 Å². The summed E-state index contributed by atoms with van der Waals surface area (Å²) in [6.45, 7) is 5.76. The Hall–Kier alpha value is -2.36. The zero-order valence-electron chi connectivity index (χ0n) is 11.3. The van der Waals surface area contributed by atoms with Crippen LogP contribution in [0.1, 0.15) is 22.5 Å². The van der Waals surface area contributed by atoms with E-state index in [-0.39, 0.29) is 5.91 Å². The van der Waals surface area contributed by atoms with Crippen molar-refractivity contribution in [3.05, 3.63) is 52.9 Å². The van der Waals surface area contributed by atoms with Crippen molar-refractivity contribution in [3.63, 3.8) is 0 Å². The van der Waals surface area contributed by atoms with Crippen LogP contribution in [0.5, 0.6) is 0 Å². The minimum atomic E-state index is -0.159. The van der Waals surface area contributed by atoms with E-state index < -0.39 is 0 Å². The van der Waals surface area contributed by atoms with Gasteiger partial charge >= 0.3 is 0 Å². The number of aromatic amines is 1. The van der Waals surface area contributed by atoms with E-state index in [1.165, 1.54) is 11.6 Å². The van der Waals surface area contributed by atoms with E-state index in [4.69, 9.17) is 0 Å². The van der Waals surface area contributed by atoms with Crippen molar-refractivity contribution >= 4 is 17.7 Å². The molecule has 19 heavy (non-hydrogen) atoms. The molecule has 0 atom stereocenters. The van der Waals surface area contributed by atoms with Crippen LogP contribution < -0.4 is 5.32 Å². The highest BCUT2D eigenvalue weighted by atomic mass is 16.1. The molecule has 0 aliphatic heterocycles. The number of benzene rings is 1. The third kappa shape index (κ3) is 3.31. The van der Waals surface area contributed by atoms with Crippen LogP contribution in [0, 0.1) is 20.8 Å². The van der Waals surface area contributed by atoms with Crippen molar-refractivity contribution in [1.29, 1.82) is 0 Å². The molecule has 1 aromatic carbocycles. The molecule has 0 aliphatic rings. The number of nitrogens with one attached hydrogen (secondary N) is 2. The summed E-state index contributed by atoms with van der Waals surface area (Å²) in [5.74, 6) is -0.159. The molecule has 1 amide bonds. The quantitative estimate of drug-likeness (QED) is 0.828. The average Bonchev–Trinajstić information content (AvgIpc) is 2.70. The van der Waals surface area contributed by atoms with Gasteiger partial charge in [-0.2, -0.15) is 5.10 Å². The Balaban J connectivity index is 2.04. The molecule has 0 bridgehead atoms. The van der Waals surface area contributed by atoms with Gasteiger partial charge in [0.05, 0.1) is 17.1 Å². The number of amides is 1. The molecule has 1 aromatic heterocycles. The Kier molecular flexibility index (Phi) is 3.80. The number of carbonyl (C=O) groups excluding carboxylic acids is 1. The monoisotopic (exact) mass is 255 g/mol. The number of hydrogen-bond acceptors (Lipinski definition) is 2. The Morgan fingerprint density at radius 3 is 2.47 bits per heavy atom. The number of anilines is 1. The summed E-state index contributed by atoms with van der Waals surface area (Å²) in [4.78, 5) is 11.8. The number of aryl methyl sites for hydroxylation is 3. The van der Waals surface area contributed by atoms with Crippen molar-refractivity contribution in [3.8, 4) is 0 Å². The Morgan fingerprint density at radius 1 is 1.21 bits per heavy atom. The third-order valence-corrected chi connectivity index (χ3v) is 2.88. The number of carbonyl (C=O) groups is 1. The highest BCUT2D eigenvalue weighted by Crippen LogP contribution is 2.16. The minimum absolute atomic E-state index is 0.159. The first-order chi connectivity index (χ1) is 9.06. The third-order valence-electron chi connectivity index (χ3n) is 2.88. The maximum absolute atomic E-state index is 11.8. The minimum Gasteiger partial charge on any atom is -0.319 e. The fourth-order valence-electron chi connectivity index (χ4n) is 1.75. The van der Waals surface area contributed by atoms with Crippen LogP contribution >= 0.6 is 0 Å². The summed E-state index contributed by atoms with van der Waals surface area (Å²) in [5.41, 5.74) is 4.59. The highest BCUT2D eigenvalue weighted by molar-refractivity contribution is 6.02. The van der Waals surface area contributed by atoms with Crippen LogP contribution in [0.3, 0.4) is 0 Å². The summed E-state index contributed by atoms with van der Waals surface area (Å²) in [7, 11) is 0. The molecular weight excluding hydrogens is 238 g/mol. The van der Waals surface area contributed by atoms with Crippen molar-refractivity contribution in [1.82, 2.24) is 10.2 Å². The molecule has 0 fully saturated rings. The summed E-state index contributed by atoms with van der Waals surface area (Å²) < 4.78 is 0. The van der Waals surface area contributed by atoms with Gasteiger partial charge < -0.3 is 5.32 Å². The Morgan fingerprint density at radius 2 is 1.89 bits per heavy atom. The van der Waals surface area contributed by atoms with Crippen molar-refractivity contribution in [2.75, 3.05) is 5.32 Å². The highest BCUT2D eigenvalue weighted by Gasteiger charge is 2.07. The summed E-state index contributed by atoms with van der Waals surface area (Å²) in [6.07, 6.45) is 3.32. The van der Waals surface area contributed by atoms with Gasteiger partial charge in [-0.15, -0.1) is 0 Å². The van der Waals surface area contributed by atoms with Crippen LogP contribution in [-0.2, 0) is 4.79 Å². The smallest absolute Gasteiger partial charge is 0.248 e. The molecular formula is C15H17N3O. The SMILES string of the molecule is Cc1ccc(/C=C/C(=O)Nc2c(C)n[nH]c2C)cc1. The van der Waals surface area contributed by atoms with Crippen LogP contribution in [-0.4, -0.2) is 16.1 Å². The van der Waals surface area contributed by atoms with Gasteiger partial charge in [-0.3, -0.25) is 9.89 Å². The molecule has 1 heterocycles. The van der Waals surface area contributed by atoms with Crippen LogP contribution in [0.4, 0.5) is 5.69 Å². The Labute approximate surface area is 112 Å². The number of aromatic nitrogens is 2. The van der Waals surface area contributed by atoms with Crippen LogP contribution in [0.15, 0.2) is 30.3 Å². The van der Waals surface area contributed by atoms with Crippen LogP contribution in [0.2, 0.25) is 0 Å². The molecule has 2 aromatic rings. The molecule has 4 nitrogen and oxygen atoms in total. The lowest BCUT2D eigenvalue weighted by Gasteiger charge is -2.01. The normalized spacial score (nSPS) is 10.9. The van der Waals surface area contributed by atoms with Gasteiger partial charge in [-0.25, -0.2) is 0 Å². The number of hydrogen-bond donors (Lipinski definition) is 2. The van der Waals surface area contributed by atoms with E-state index in [1.807, 2.05) is 45.0 Å². The molecule has 0 aliphatic carbocycles. The molecule has 2 rings (SSSR count). The second kappa shape index (κ2) is 5.52. The first kappa shape index (κ1) is 13.1. The molecule has 0 spiro atoms. The molecule has 0 saturated carbocycles. The standard InChI is InChI=1S/C15H17N3O/c1-10-4-6-13(7-5-10)8-9-14(19)16-15-11(2)17-18-12(15)3/h4-9H,1-3H3,(H,16,19)(H,17,18)/b9-8+. The van der Waals surface area contributed by atoms with E-state index in [9.17, 15) is 4.79 Å². The summed E-state index contributed by atoms with van der Waals surface area (Å²) >= 11 is 0. The summed E-state index contributed by atoms with van der Waals surface area (Å²) in [6, 6.07) is 7.99. The number of nitrogens with zero attached hydrogens (tertiary/aromatic N) is 1. The fourth-order valence-corrected chi connectivity index (χ4v) is 1.75. The number of rotatable bonds is 3. The predicted octanol–water partition coefficient (Wildman–Crippen LogP) is 2.99. The van der Waals surface area contributed by atoms with Crippen molar-refractivity contribution < 1.29 is 4.79 Å². The first-order valence-corrected chi connectivity index (χ1v) is 6.13. The zero-order chi connectivity index (χ0) is 13.8. The molecule has 4 heteroatoms. The molecule has 0 saturated heterocycles. The zero-order valence-corrected chi connectivity index (χ0v) is 11.3. The molecule has 0 unspecified atom stereocenters. The second-order valence-electron chi connectivity index (χ2n) is 4.54. The lowest BCUT2D eigenvalue weighted by molar-refractivity contribution is -0.111. The van der Waals surface area contributed by atoms with Gasteiger partial charge in [0.2, 0.25) is 5.91 Å².